The lowest BCUT2D eigenvalue weighted by molar-refractivity contribution is 0.414. The monoisotopic (exact) mass is 527 g/mol. The van der Waals surface area contributed by atoms with Gasteiger partial charge in [0, 0.05) is 11.8 Å². The summed E-state index contributed by atoms with van der Waals surface area (Å²) in [6, 6.07) is 49.6. The van der Waals surface area contributed by atoms with Crippen molar-refractivity contribution in [1.29, 1.82) is 0 Å². The minimum Gasteiger partial charge on any atom is -0.495 e. The fourth-order valence-corrected chi connectivity index (χ4v) is 7.43. The van der Waals surface area contributed by atoms with Gasteiger partial charge in [-0.3, -0.25) is 0 Å². The molecule has 0 saturated carbocycles. The van der Waals surface area contributed by atoms with E-state index in [1.807, 2.05) is 0 Å². The molecule has 0 radical (unpaired) electrons. The Morgan fingerprint density at radius 2 is 1.21 bits per heavy atom. The summed E-state index contributed by atoms with van der Waals surface area (Å²) in [5.41, 5.74) is 3.61. The number of nitrogens with zero attached hydrogens (tertiary/aromatic N) is 1. The predicted molar refractivity (Wildman–Crippen MR) is 169 cm³/mol. The molecule has 0 heterocycles. The van der Waals surface area contributed by atoms with E-state index >= 15 is 0 Å². The van der Waals surface area contributed by atoms with Crippen LogP contribution in [0.25, 0.3) is 6.08 Å². The minimum atomic E-state index is -0.819. The van der Waals surface area contributed by atoms with Gasteiger partial charge in [-0.25, -0.2) is 0 Å². The van der Waals surface area contributed by atoms with Crippen molar-refractivity contribution >= 4 is 35.6 Å². The molecule has 5 aromatic rings. The Labute approximate surface area is 234 Å². The van der Waals surface area contributed by atoms with Crippen LogP contribution in [0.15, 0.2) is 146 Å². The molecule has 5 aromatic carbocycles. The van der Waals surface area contributed by atoms with Crippen molar-refractivity contribution in [1.82, 2.24) is 0 Å². The topological polar surface area (TPSA) is 12.5 Å². The highest BCUT2D eigenvalue weighted by Gasteiger charge is 2.27. The van der Waals surface area contributed by atoms with Crippen LogP contribution < -0.4 is 25.6 Å². The Morgan fingerprint density at radius 1 is 0.667 bits per heavy atom. The van der Waals surface area contributed by atoms with Crippen molar-refractivity contribution in [2.24, 2.45) is 0 Å². The van der Waals surface area contributed by atoms with Crippen molar-refractivity contribution in [3.63, 3.8) is 0 Å². The molecule has 5 rings (SSSR count). The van der Waals surface area contributed by atoms with Crippen molar-refractivity contribution in [2.45, 2.75) is 13.0 Å². The largest absolute Gasteiger partial charge is 0.495 e. The third-order valence-electron chi connectivity index (χ3n) is 6.92. The second kappa shape index (κ2) is 13.1. The maximum atomic E-state index is 6.08. The van der Waals surface area contributed by atoms with Crippen molar-refractivity contribution < 1.29 is 4.74 Å². The molecule has 0 unspecified atom stereocenters. The number of hydrogen-bond acceptors (Lipinski definition) is 2. The summed E-state index contributed by atoms with van der Waals surface area (Å²) in [6.07, 6.45) is 4.47. The van der Waals surface area contributed by atoms with Gasteiger partial charge in [-0.2, -0.15) is 0 Å². The van der Waals surface area contributed by atoms with Crippen LogP contribution in [-0.4, -0.2) is 13.7 Å². The van der Waals surface area contributed by atoms with E-state index in [1.54, 1.807) is 7.11 Å². The van der Waals surface area contributed by atoms with Gasteiger partial charge in [-0.05, 0) is 42.6 Å². The van der Waals surface area contributed by atoms with Crippen molar-refractivity contribution in [3.05, 3.63) is 157 Å². The summed E-state index contributed by atoms with van der Waals surface area (Å²) in [6.45, 7) is 3.03. The maximum Gasteiger partial charge on any atom is 0.142 e. The quantitative estimate of drug-likeness (QED) is 0.172. The Kier molecular flexibility index (Phi) is 8.89. The average Bonchev–Trinajstić information content (AvgIpc) is 3.01. The van der Waals surface area contributed by atoms with E-state index in [2.05, 4.69) is 164 Å². The van der Waals surface area contributed by atoms with Gasteiger partial charge in [0.2, 0.25) is 0 Å². The van der Waals surface area contributed by atoms with Crippen LogP contribution in [0.5, 0.6) is 5.75 Å². The van der Waals surface area contributed by atoms with Crippen LogP contribution >= 0.6 is 7.92 Å². The second-order valence-corrected chi connectivity index (χ2v) is 11.6. The number of methoxy groups -OCH3 is 1. The highest BCUT2D eigenvalue weighted by atomic mass is 31.1. The van der Waals surface area contributed by atoms with Crippen LogP contribution in [0.4, 0.5) is 5.69 Å². The standard InChI is InChI=1S/C36H34NOP/c1-29(31-20-9-4-10-21-31)37(28-16-19-30-17-7-3-8-18-30)36-34(38-2)26-15-27-35(36)39(32-22-11-5-12-23-32)33-24-13-6-14-25-33/h3-27,29H,28H2,1-2H3/b19-16+/t29-/m0/s1. The Bertz CT molecular complexity index is 1430. The van der Waals surface area contributed by atoms with Gasteiger partial charge >= 0.3 is 0 Å². The van der Waals surface area contributed by atoms with Gasteiger partial charge < -0.3 is 9.64 Å². The van der Waals surface area contributed by atoms with Gasteiger partial charge in [0.15, 0.2) is 0 Å². The lowest BCUT2D eigenvalue weighted by Crippen LogP contribution is -2.33. The number of para-hydroxylation sites is 1. The summed E-state index contributed by atoms with van der Waals surface area (Å²) in [4.78, 5) is 2.49. The first-order valence-electron chi connectivity index (χ1n) is 13.4. The first kappa shape index (κ1) is 26.5. The zero-order valence-corrected chi connectivity index (χ0v) is 23.4. The summed E-state index contributed by atoms with van der Waals surface area (Å²) >= 11 is 0. The molecule has 0 aromatic heterocycles. The number of ether oxygens (including phenoxy) is 1. The Balaban J connectivity index is 1.67. The molecule has 39 heavy (non-hydrogen) atoms. The second-order valence-electron chi connectivity index (χ2n) is 9.39. The zero-order valence-electron chi connectivity index (χ0n) is 22.5. The van der Waals surface area contributed by atoms with Crippen molar-refractivity contribution in [2.75, 3.05) is 18.6 Å². The van der Waals surface area contributed by atoms with Crippen LogP contribution in [0.1, 0.15) is 24.1 Å². The highest BCUT2D eigenvalue weighted by molar-refractivity contribution is 7.80. The summed E-state index contributed by atoms with van der Waals surface area (Å²) in [5, 5.41) is 3.93. The summed E-state index contributed by atoms with van der Waals surface area (Å²) in [7, 11) is 0.959. The van der Waals surface area contributed by atoms with E-state index in [0.29, 0.717) is 0 Å². The molecule has 3 heteroatoms. The molecule has 0 N–H and O–H groups in total. The predicted octanol–water partition coefficient (Wildman–Crippen LogP) is 7.73. The van der Waals surface area contributed by atoms with Gasteiger partial charge in [0.25, 0.3) is 0 Å². The fourth-order valence-electron chi connectivity index (χ4n) is 4.95. The Hall–Kier alpha value is -4.13. The molecule has 0 aliphatic heterocycles. The molecule has 0 amide bonds. The van der Waals surface area contributed by atoms with Gasteiger partial charge in [0.1, 0.15) is 5.75 Å². The van der Waals surface area contributed by atoms with Gasteiger partial charge in [-0.1, -0.05) is 146 Å². The molecule has 0 fully saturated rings. The first-order chi connectivity index (χ1) is 19.3. The third kappa shape index (κ3) is 6.30. The smallest absolute Gasteiger partial charge is 0.142 e. The molecule has 0 saturated heterocycles. The Morgan fingerprint density at radius 3 is 1.77 bits per heavy atom. The average molecular weight is 528 g/mol. The van der Waals surface area contributed by atoms with E-state index in [4.69, 9.17) is 4.74 Å². The molecule has 0 aliphatic rings. The summed E-state index contributed by atoms with van der Waals surface area (Å²) < 4.78 is 6.08. The molecule has 1 atom stereocenters. The van der Waals surface area contributed by atoms with Gasteiger partial charge in [0.05, 0.1) is 18.8 Å². The number of rotatable bonds is 10. The minimum absolute atomic E-state index is 0.130. The molecule has 194 valence electrons. The molecule has 0 bridgehead atoms. The normalized spacial score (nSPS) is 12.0. The fraction of sp³-hybridized carbons (Fsp3) is 0.111. The van der Waals surface area contributed by atoms with E-state index < -0.39 is 7.92 Å². The first-order valence-corrected chi connectivity index (χ1v) is 14.7. The van der Waals surface area contributed by atoms with Crippen LogP contribution in [0.3, 0.4) is 0 Å². The maximum absolute atomic E-state index is 6.08. The molecule has 0 spiro atoms. The number of hydrogen-bond donors (Lipinski definition) is 0. The van der Waals surface area contributed by atoms with Gasteiger partial charge in [-0.15, -0.1) is 0 Å². The number of anilines is 1. The molecule has 2 nitrogen and oxygen atoms in total. The molecule has 0 aliphatic carbocycles. The zero-order chi connectivity index (χ0) is 26.9. The van der Waals surface area contributed by atoms with E-state index in [9.17, 15) is 0 Å². The molecular formula is C36H34NOP. The number of benzene rings is 5. The van der Waals surface area contributed by atoms with E-state index in [0.717, 1.165) is 18.0 Å². The van der Waals surface area contributed by atoms with Crippen LogP contribution in [0, 0.1) is 0 Å². The van der Waals surface area contributed by atoms with Crippen LogP contribution in [-0.2, 0) is 0 Å². The van der Waals surface area contributed by atoms with E-state index in [1.165, 1.54) is 27.0 Å². The lowest BCUT2D eigenvalue weighted by atomic mass is 10.1. The summed E-state index contributed by atoms with van der Waals surface area (Å²) in [5.74, 6) is 0.891. The SMILES string of the molecule is COc1cccc(P(c2ccccc2)c2ccccc2)c1N(C/C=C/c1ccccc1)[C@@H](C)c1ccccc1. The highest BCUT2D eigenvalue weighted by Crippen LogP contribution is 2.42. The third-order valence-corrected chi connectivity index (χ3v) is 9.39. The van der Waals surface area contributed by atoms with Crippen molar-refractivity contribution in [3.8, 4) is 5.75 Å². The lowest BCUT2D eigenvalue weighted by Gasteiger charge is -2.35. The van der Waals surface area contributed by atoms with Crippen LogP contribution in [0.2, 0.25) is 0 Å². The molecular weight excluding hydrogens is 493 g/mol. The van der Waals surface area contributed by atoms with E-state index in [-0.39, 0.29) is 6.04 Å².